The van der Waals surface area contributed by atoms with Gasteiger partial charge in [-0.05, 0) is 42.8 Å². The predicted octanol–water partition coefficient (Wildman–Crippen LogP) is 3.09. The molecule has 1 heterocycles. The number of methoxy groups -OCH3 is 1. The normalized spacial score (nSPS) is 27.8. The topological polar surface area (TPSA) is 86.6 Å². The van der Waals surface area contributed by atoms with E-state index in [1.807, 2.05) is 31.2 Å². The van der Waals surface area contributed by atoms with Crippen LogP contribution in [0.3, 0.4) is 0 Å². The first-order valence-corrected chi connectivity index (χ1v) is 13.4. The average molecular weight is 443 g/mol. The van der Waals surface area contributed by atoms with Crippen LogP contribution in [0.25, 0.3) is 0 Å². The lowest BCUT2D eigenvalue weighted by Crippen LogP contribution is -2.64. The summed E-state index contributed by atoms with van der Waals surface area (Å²) in [6.45, 7) is 13.0. The zero-order chi connectivity index (χ0) is 22.5. The van der Waals surface area contributed by atoms with E-state index in [0.717, 1.165) is 11.3 Å². The molecular formula is C22H38O7Si. The number of hydrogen-bond acceptors (Lipinski definition) is 7. The van der Waals surface area contributed by atoms with Gasteiger partial charge in [-0.2, -0.15) is 0 Å². The Balaban J connectivity index is 2.28. The highest BCUT2D eigenvalue weighted by Crippen LogP contribution is 2.40. The van der Waals surface area contributed by atoms with E-state index in [0.29, 0.717) is 13.2 Å². The minimum atomic E-state index is -2.22. The third-order valence-corrected chi connectivity index (χ3v) is 10.5. The van der Waals surface area contributed by atoms with Gasteiger partial charge in [0, 0.05) is 6.61 Å². The maximum atomic E-state index is 10.5. The highest BCUT2D eigenvalue weighted by molar-refractivity contribution is 6.74. The molecule has 1 aromatic rings. The first-order valence-electron chi connectivity index (χ1n) is 10.5. The van der Waals surface area contributed by atoms with Crippen molar-refractivity contribution in [3.05, 3.63) is 29.8 Å². The minimum Gasteiger partial charge on any atom is -0.497 e. The van der Waals surface area contributed by atoms with Crippen molar-refractivity contribution in [2.75, 3.05) is 20.3 Å². The molecule has 5 atom stereocenters. The second kappa shape index (κ2) is 10.5. The largest absolute Gasteiger partial charge is 0.497 e. The predicted molar refractivity (Wildman–Crippen MR) is 117 cm³/mol. The van der Waals surface area contributed by atoms with Crippen LogP contribution in [0, 0.1) is 0 Å². The average Bonchev–Trinajstić information content (AvgIpc) is 2.69. The summed E-state index contributed by atoms with van der Waals surface area (Å²) in [4.78, 5) is 0. The molecule has 1 saturated heterocycles. The molecule has 0 bridgehead atoms. The van der Waals surface area contributed by atoms with Gasteiger partial charge in [-0.15, -0.1) is 0 Å². The van der Waals surface area contributed by atoms with Gasteiger partial charge >= 0.3 is 0 Å². The van der Waals surface area contributed by atoms with Crippen molar-refractivity contribution in [2.24, 2.45) is 0 Å². The van der Waals surface area contributed by atoms with E-state index in [1.54, 1.807) is 7.11 Å². The van der Waals surface area contributed by atoms with E-state index in [-0.39, 0.29) is 11.6 Å². The lowest BCUT2D eigenvalue weighted by atomic mass is 9.98. The molecule has 1 fully saturated rings. The molecular weight excluding hydrogens is 404 g/mol. The Morgan fingerprint density at radius 3 is 2.17 bits per heavy atom. The summed E-state index contributed by atoms with van der Waals surface area (Å²) in [5.74, 6) is 0.770. The molecule has 0 spiro atoms. The maximum absolute atomic E-state index is 10.5. The zero-order valence-electron chi connectivity index (χ0n) is 19.3. The molecule has 0 unspecified atom stereocenters. The summed E-state index contributed by atoms with van der Waals surface area (Å²) < 4.78 is 29.5. The van der Waals surface area contributed by atoms with Crippen molar-refractivity contribution in [2.45, 2.75) is 83.1 Å². The third kappa shape index (κ3) is 6.03. The van der Waals surface area contributed by atoms with Crippen molar-refractivity contribution in [3.8, 4) is 5.75 Å². The van der Waals surface area contributed by atoms with Gasteiger partial charge in [0.1, 0.15) is 30.2 Å². The van der Waals surface area contributed by atoms with Crippen LogP contribution in [0.15, 0.2) is 24.3 Å². The van der Waals surface area contributed by atoms with Crippen molar-refractivity contribution in [1.29, 1.82) is 0 Å². The van der Waals surface area contributed by atoms with Gasteiger partial charge in [-0.1, -0.05) is 32.9 Å². The Bertz CT molecular complexity index is 644. The van der Waals surface area contributed by atoms with Crippen LogP contribution in [0.1, 0.15) is 33.3 Å². The fourth-order valence-corrected chi connectivity index (χ4v) is 4.48. The molecule has 30 heavy (non-hydrogen) atoms. The molecule has 0 aliphatic carbocycles. The molecule has 2 rings (SSSR count). The molecule has 0 saturated carbocycles. The van der Waals surface area contributed by atoms with E-state index < -0.39 is 39.0 Å². The van der Waals surface area contributed by atoms with Crippen molar-refractivity contribution >= 4 is 8.32 Å². The molecule has 172 valence electrons. The van der Waals surface area contributed by atoms with E-state index in [9.17, 15) is 10.2 Å². The lowest BCUT2D eigenvalue weighted by molar-refractivity contribution is -0.301. The number of benzene rings is 1. The summed E-state index contributed by atoms with van der Waals surface area (Å²) in [7, 11) is -0.599. The number of aliphatic hydroxyl groups is 2. The van der Waals surface area contributed by atoms with Crippen LogP contribution >= 0.6 is 0 Å². The molecule has 2 N–H and O–H groups in total. The van der Waals surface area contributed by atoms with Crippen LogP contribution in [-0.2, 0) is 25.2 Å². The van der Waals surface area contributed by atoms with Crippen molar-refractivity contribution in [3.63, 3.8) is 0 Å². The van der Waals surface area contributed by atoms with Gasteiger partial charge in [-0.25, -0.2) is 0 Å². The number of ether oxygens (including phenoxy) is 4. The molecule has 0 amide bonds. The van der Waals surface area contributed by atoms with Gasteiger partial charge in [-0.3, -0.25) is 0 Å². The van der Waals surface area contributed by atoms with Gasteiger partial charge in [0.25, 0.3) is 0 Å². The summed E-state index contributed by atoms with van der Waals surface area (Å²) >= 11 is 0. The Kier molecular flexibility index (Phi) is 8.88. The van der Waals surface area contributed by atoms with Crippen LogP contribution < -0.4 is 4.74 Å². The highest BCUT2D eigenvalue weighted by atomic mass is 28.4. The maximum Gasteiger partial charge on any atom is 0.192 e. The molecule has 7 nitrogen and oxygen atoms in total. The van der Waals surface area contributed by atoms with Crippen molar-refractivity contribution < 1.29 is 33.6 Å². The molecule has 1 aromatic carbocycles. The van der Waals surface area contributed by atoms with Crippen LogP contribution in [0.4, 0.5) is 0 Å². The Morgan fingerprint density at radius 1 is 1.03 bits per heavy atom. The smallest absolute Gasteiger partial charge is 0.192 e. The van der Waals surface area contributed by atoms with Gasteiger partial charge in [0.05, 0.1) is 20.3 Å². The fraction of sp³-hybridized carbons (Fsp3) is 0.727. The highest BCUT2D eigenvalue weighted by Gasteiger charge is 2.51. The van der Waals surface area contributed by atoms with E-state index in [4.69, 9.17) is 23.4 Å². The SMILES string of the molecule is CCO[C@H]1[C@@H](O[Si](C)(C)C(C)(C)C)[C@H](OCc2ccc(OC)cc2)[C@@H](CO)O[C@@H]1O. The monoisotopic (exact) mass is 442 g/mol. The van der Waals surface area contributed by atoms with Crippen LogP contribution in [-0.4, -0.2) is 69.6 Å². The van der Waals surface area contributed by atoms with Gasteiger partial charge in [0.15, 0.2) is 14.6 Å². The summed E-state index contributed by atoms with van der Waals surface area (Å²) in [6.07, 6.45) is -3.77. The number of aliphatic hydroxyl groups excluding tert-OH is 2. The molecule has 0 radical (unpaired) electrons. The molecule has 1 aliphatic rings. The Hall–Kier alpha value is -1.00. The molecule has 1 aliphatic heterocycles. The standard InChI is InChI=1S/C22H38O7Si/c1-8-26-20-19(29-30(6,7)22(2,3)4)18(17(13-23)28-21(20)24)27-14-15-9-11-16(25-5)12-10-15/h9-12,17-21,23-24H,8,13-14H2,1-7H3/t17-,18-,19+,20+,21+/m1/s1. The van der Waals surface area contributed by atoms with Gasteiger partial charge < -0.3 is 33.6 Å². The fourth-order valence-electron chi connectivity index (χ4n) is 3.18. The third-order valence-electron chi connectivity index (χ3n) is 5.99. The van der Waals surface area contributed by atoms with Crippen LogP contribution in [0.5, 0.6) is 5.75 Å². The Morgan fingerprint density at radius 2 is 1.67 bits per heavy atom. The van der Waals surface area contributed by atoms with Crippen molar-refractivity contribution in [1.82, 2.24) is 0 Å². The lowest BCUT2D eigenvalue weighted by Gasteiger charge is -2.48. The first kappa shape index (κ1) is 25.3. The minimum absolute atomic E-state index is 0.0394. The summed E-state index contributed by atoms with van der Waals surface area (Å²) in [5, 5.41) is 20.4. The second-order valence-corrected chi connectivity index (χ2v) is 13.9. The Labute approximate surface area is 181 Å². The molecule has 8 heteroatoms. The van der Waals surface area contributed by atoms with Gasteiger partial charge in [0.2, 0.25) is 0 Å². The number of hydrogen-bond donors (Lipinski definition) is 2. The number of rotatable bonds is 9. The van der Waals surface area contributed by atoms with E-state index in [1.165, 1.54) is 0 Å². The summed E-state index contributed by atoms with van der Waals surface area (Å²) in [5.41, 5.74) is 0.956. The van der Waals surface area contributed by atoms with Crippen LogP contribution in [0.2, 0.25) is 18.1 Å². The second-order valence-electron chi connectivity index (χ2n) is 9.13. The van der Waals surface area contributed by atoms with E-state index in [2.05, 4.69) is 33.9 Å². The summed E-state index contributed by atoms with van der Waals surface area (Å²) in [6, 6.07) is 7.59. The quantitative estimate of drug-likeness (QED) is 0.568. The molecule has 0 aromatic heterocycles. The van der Waals surface area contributed by atoms with E-state index >= 15 is 0 Å². The zero-order valence-corrected chi connectivity index (χ0v) is 20.3. The first-order chi connectivity index (χ1) is 14.0.